The van der Waals surface area contributed by atoms with Crippen LogP contribution < -0.4 is 0 Å². The van der Waals surface area contributed by atoms with Crippen LogP contribution in [0, 0.1) is 20.8 Å². The van der Waals surface area contributed by atoms with Crippen LogP contribution in [0.2, 0.25) is 0 Å². The van der Waals surface area contributed by atoms with Gasteiger partial charge in [-0.25, -0.2) is 15.0 Å². The van der Waals surface area contributed by atoms with E-state index >= 15 is 0 Å². The number of likely N-dealkylation sites (N-methyl/N-ethyl adjacent to an activating group) is 1. The number of aryl methyl sites for hydroxylation is 3. The van der Waals surface area contributed by atoms with Gasteiger partial charge in [-0.2, -0.15) is 0 Å². The van der Waals surface area contributed by atoms with Crippen LogP contribution in [0.1, 0.15) is 33.7 Å². The molecule has 0 radical (unpaired) electrons. The molecule has 3 heterocycles. The van der Waals surface area contributed by atoms with Gasteiger partial charge in [0.1, 0.15) is 5.82 Å². The van der Waals surface area contributed by atoms with E-state index in [0.717, 1.165) is 52.8 Å². The van der Waals surface area contributed by atoms with Crippen LogP contribution in [0.4, 0.5) is 0 Å². The van der Waals surface area contributed by atoms with Crippen molar-refractivity contribution in [3.8, 4) is 11.3 Å². The van der Waals surface area contributed by atoms with Crippen LogP contribution >= 0.6 is 0 Å². The third-order valence-electron chi connectivity index (χ3n) is 5.99. The number of pyridine rings is 1. The summed E-state index contributed by atoms with van der Waals surface area (Å²) in [6, 6.07) is 6.39. The highest BCUT2D eigenvalue weighted by Crippen LogP contribution is 2.29. The van der Waals surface area contributed by atoms with Gasteiger partial charge in [-0.1, -0.05) is 12.1 Å². The van der Waals surface area contributed by atoms with Crippen molar-refractivity contribution in [1.82, 2.24) is 24.8 Å². The van der Waals surface area contributed by atoms with E-state index in [1.165, 1.54) is 0 Å². The lowest BCUT2D eigenvalue weighted by molar-refractivity contribution is 0.0785. The van der Waals surface area contributed by atoms with Crippen molar-refractivity contribution in [1.29, 1.82) is 0 Å². The standard InChI is InChI=1S/C23H27N5O/c1-14-6-7-19-20(23(29)28-9-8-18(13-28)27(4)5)10-21(26-22(19)15(14)2)17-11-24-16(3)25-12-17/h6-7,10-12,18H,8-9,13H2,1-5H3/t18-/m0/s1. The van der Waals surface area contributed by atoms with E-state index < -0.39 is 0 Å². The Balaban J connectivity index is 1.84. The Morgan fingerprint density at radius 1 is 1.14 bits per heavy atom. The van der Waals surface area contributed by atoms with Gasteiger partial charge < -0.3 is 9.80 Å². The Hall–Kier alpha value is -2.86. The van der Waals surface area contributed by atoms with E-state index in [2.05, 4.69) is 48.9 Å². The molecule has 4 rings (SSSR count). The Labute approximate surface area is 171 Å². The molecule has 150 valence electrons. The normalized spacial score (nSPS) is 16.8. The van der Waals surface area contributed by atoms with Gasteiger partial charge in [-0.15, -0.1) is 0 Å². The second-order valence-electron chi connectivity index (χ2n) is 8.13. The van der Waals surface area contributed by atoms with Crippen molar-refractivity contribution in [2.24, 2.45) is 0 Å². The number of benzene rings is 1. The summed E-state index contributed by atoms with van der Waals surface area (Å²) in [5.41, 5.74) is 5.38. The summed E-state index contributed by atoms with van der Waals surface area (Å²) in [5.74, 6) is 0.781. The zero-order chi connectivity index (χ0) is 20.7. The van der Waals surface area contributed by atoms with Crippen LogP contribution in [-0.2, 0) is 0 Å². The molecule has 1 aliphatic heterocycles. The monoisotopic (exact) mass is 389 g/mol. The van der Waals surface area contributed by atoms with E-state index in [0.29, 0.717) is 17.4 Å². The molecule has 6 nitrogen and oxygen atoms in total. The second kappa shape index (κ2) is 7.52. The van der Waals surface area contributed by atoms with Gasteiger partial charge in [0.25, 0.3) is 5.91 Å². The lowest BCUT2D eigenvalue weighted by atomic mass is 9.99. The van der Waals surface area contributed by atoms with E-state index in [4.69, 9.17) is 4.98 Å². The molecule has 1 fully saturated rings. The third kappa shape index (κ3) is 3.60. The fraction of sp³-hybridized carbons (Fsp3) is 0.391. The van der Waals surface area contributed by atoms with E-state index in [9.17, 15) is 4.79 Å². The molecular formula is C23H27N5O. The van der Waals surface area contributed by atoms with Crippen molar-refractivity contribution in [3.63, 3.8) is 0 Å². The van der Waals surface area contributed by atoms with Crippen molar-refractivity contribution in [2.45, 2.75) is 33.2 Å². The van der Waals surface area contributed by atoms with Crippen molar-refractivity contribution < 1.29 is 4.79 Å². The first-order chi connectivity index (χ1) is 13.8. The number of hydrogen-bond acceptors (Lipinski definition) is 5. The Bertz CT molecular complexity index is 1070. The lowest BCUT2D eigenvalue weighted by Gasteiger charge is -2.21. The quantitative estimate of drug-likeness (QED) is 0.687. The summed E-state index contributed by atoms with van der Waals surface area (Å²) in [4.78, 5) is 31.2. The minimum Gasteiger partial charge on any atom is -0.337 e. The summed E-state index contributed by atoms with van der Waals surface area (Å²) in [6.07, 6.45) is 4.54. The maximum absolute atomic E-state index is 13.5. The average molecular weight is 390 g/mol. The average Bonchev–Trinajstić information content (AvgIpc) is 3.21. The summed E-state index contributed by atoms with van der Waals surface area (Å²) in [7, 11) is 4.14. The van der Waals surface area contributed by atoms with Gasteiger partial charge in [-0.3, -0.25) is 4.79 Å². The molecule has 1 atom stereocenters. The Kier molecular flexibility index (Phi) is 5.04. The second-order valence-corrected chi connectivity index (χ2v) is 8.13. The number of rotatable bonds is 3. The number of fused-ring (bicyclic) bond motifs is 1. The number of carbonyl (C=O) groups is 1. The predicted octanol–water partition coefficient (Wildman–Crippen LogP) is 3.39. The number of amides is 1. The number of nitrogens with zero attached hydrogens (tertiary/aromatic N) is 5. The first kappa shape index (κ1) is 19.5. The summed E-state index contributed by atoms with van der Waals surface area (Å²) >= 11 is 0. The SMILES string of the molecule is Cc1ncc(-c2cc(C(=O)N3CC[C@H](N(C)C)C3)c3ccc(C)c(C)c3n2)cn1. The van der Waals surface area contributed by atoms with Crippen molar-refractivity contribution in [2.75, 3.05) is 27.2 Å². The van der Waals surface area contributed by atoms with Crippen LogP contribution in [0.15, 0.2) is 30.6 Å². The number of hydrogen-bond donors (Lipinski definition) is 0. The van der Waals surface area contributed by atoms with Gasteiger partial charge in [-0.05, 0) is 58.5 Å². The maximum atomic E-state index is 13.5. The molecule has 0 spiro atoms. The smallest absolute Gasteiger partial charge is 0.254 e. The minimum atomic E-state index is 0.0688. The first-order valence-electron chi connectivity index (χ1n) is 10.0. The van der Waals surface area contributed by atoms with Gasteiger partial charge in [0.15, 0.2) is 0 Å². The van der Waals surface area contributed by atoms with Crippen molar-refractivity contribution >= 4 is 16.8 Å². The minimum absolute atomic E-state index is 0.0688. The van der Waals surface area contributed by atoms with Gasteiger partial charge in [0, 0.05) is 42.5 Å². The third-order valence-corrected chi connectivity index (χ3v) is 5.99. The first-order valence-corrected chi connectivity index (χ1v) is 10.0. The van der Waals surface area contributed by atoms with E-state index in [1.807, 2.05) is 24.0 Å². The number of carbonyl (C=O) groups excluding carboxylic acids is 1. The fourth-order valence-corrected chi connectivity index (χ4v) is 3.90. The molecule has 0 bridgehead atoms. The fourth-order valence-electron chi connectivity index (χ4n) is 3.90. The molecule has 1 saturated heterocycles. The molecular weight excluding hydrogens is 362 g/mol. The highest BCUT2D eigenvalue weighted by molar-refractivity contribution is 6.08. The van der Waals surface area contributed by atoms with Crippen LogP contribution in [-0.4, -0.2) is 63.9 Å². The molecule has 0 unspecified atom stereocenters. The molecule has 1 aliphatic rings. The molecule has 0 aliphatic carbocycles. The lowest BCUT2D eigenvalue weighted by Crippen LogP contribution is -2.34. The maximum Gasteiger partial charge on any atom is 0.254 e. The van der Waals surface area contributed by atoms with E-state index in [-0.39, 0.29) is 5.91 Å². The van der Waals surface area contributed by atoms with Crippen LogP contribution in [0.25, 0.3) is 22.2 Å². The number of aromatic nitrogens is 3. The zero-order valence-corrected chi connectivity index (χ0v) is 17.7. The van der Waals surface area contributed by atoms with Crippen LogP contribution in [0.5, 0.6) is 0 Å². The topological polar surface area (TPSA) is 62.2 Å². The van der Waals surface area contributed by atoms with Crippen LogP contribution in [0.3, 0.4) is 0 Å². The zero-order valence-electron chi connectivity index (χ0n) is 17.7. The molecule has 1 aromatic carbocycles. The molecule has 2 aromatic heterocycles. The summed E-state index contributed by atoms with van der Waals surface area (Å²) < 4.78 is 0. The number of likely N-dealkylation sites (tertiary alicyclic amines) is 1. The van der Waals surface area contributed by atoms with E-state index in [1.54, 1.807) is 12.4 Å². The Morgan fingerprint density at radius 3 is 2.52 bits per heavy atom. The van der Waals surface area contributed by atoms with Gasteiger partial charge in [0.05, 0.1) is 16.8 Å². The predicted molar refractivity (Wildman–Crippen MR) is 115 cm³/mol. The van der Waals surface area contributed by atoms with Crippen molar-refractivity contribution in [3.05, 3.63) is 53.1 Å². The molecule has 6 heteroatoms. The Morgan fingerprint density at radius 2 is 1.86 bits per heavy atom. The largest absolute Gasteiger partial charge is 0.337 e. The van der Waals surface area contributed by atoms with Gasteiger partial charge >= 0.3 is 0 Å². The molecule has 0 saturated carbocycles. The van der Waals surface area contributed by atoms with Gasteiger partial charge in [0.2, 0.25) is 0 Å². The summed E-state index contributed by atoms with van der Waals surface area (Å²) in [6.45, 7) is 7.52. The molecule has 29 heavy (non-hydrogen) atoms. The highest BCUT2D eigenvalue weighted by Gasteiger charge is 2.29. The molecule has 1 amide bonds. The summed E-state index contributed by atoms with van der Waals surface area (Å²) in [5, 5.41) is 0.906. The molecule has 3 aromatic rings. The highest BCUT2D eigenvalue weighted by atomic mass is 16.2. The molecule has 0 N–H and O–H groups in total.